The smallest absolute Gasteiger partial charge is 0.273 e. The highest BCUT2D eigenvalue weighted by Gasteiger charge is 2.07. The molecule has 1 aromatic carbocycles. The highest BCUT2D eigenvalue weighted by atomic mass is 32.2. The molecule has 0 saturated heterocycles. The summed E-state index contributed by atoms with van der Waals surface area (Å²) < 4.78 is 6.21. The monoisotopic (exact) mass is 292 g/mol. The van der Waals surface area contributed by atoms with Crippen molar-refractivity contribution in [3.05, 3.63) is 64.0 Å². The number of pyridine rings is 1. The van der Waals surface area contributed by atoms with Gasteiger partial charge in [-0.1, -0.05) is 17.8 Å². The number of hydrogen-bond donors (Lipinski definition) is 0. The predicted octanol–water partition coefficient (Wildman–Crippen LogP) is 2.40. The number of ether oxygens (including phenoxy) is 1. The Morgan fingerprint density at radius 2 is 2.10 bits per heavy atom. The summed E-state index contributed by atoms with van der Waals surface area (Å²) in [5.74, 6) is 1.03. The molecule has 0 unspecified atom stereocenters. The van der Waals surface area contributed by atoms with E-state index in [1.165, 1.54) is 30.1 Å². The molecule has 7 heteroatoms. The number of aromatic nitrogens is 1. The fraction of sp³-hybridized carbons (Fsp3) is 0.154. The maximum Gasteiger partial charge on any atom is 0.273 e. The van der Waals surface area contributed by atoms with E-state index in [0.29, 0.717) is 23.1 Å². The third-order valence-corrected chi connectivity index (χ3v) is 3.40. The van der Waals surface area contributed by atoms with Crippen molar-refractivity contribution in [3.8, 4) is 5.75 Å². The van der Waals surface area contributed by atoms with E-state index in [9.17, 15) is 15.3 Å². The van der Waals surface area contributed by atoms with Gasteiger partial charge in [-0.05, 0) is 12.1 Å². The second-order valence-corrected chi connectivity index (χ2v) is 4.93. The third kappa shape index (κ3) is 3.86. The lowest BCUT2D eigenvalue weighted by atomic mass is 10.3. The lowest BCUT2D eigenvalue weighted by Crippen LogP contribution is -2.27. The van der Waals surface area contributed by atoms with Crippen molar-refractivity contribution in [2.24, 2.45) is 0 Å². The lowest BCUT2D eigenvalue weighted by Gasteiger charge is -2.06. The topological polar surface area (TPSA) is 79.3 Å². The molecule has 0 N–H and O–H groups in total. The zero-order chi connectivity index (χ0) is 14.4. The molecule has 0 aliphatic heterocycles. The first-order valence-electron chi connectivity index (χ1n) is 5.85. The molecule has 0 amide bonds. The lowest BCUT2D eigenvalue weighted by molar-refractivity contribution is -0.645. The van der Waals surface area contributed by atoms with Gasteiger partial charge in [0.1, 0.15) is 5.75 Å². The highest BCUT2D eigenvalue weighted by molar-refractivity contribution is 7.99. The van der Waals surface area contributed by atoms with E-state index < -0.39 is 4.92 Å². The van der Waals surface area contributed by atoms with Gasteiger partial charge in [0.15, 0.2) is 6.20 Å². The Morgan fingerprint density at radius 3 is 2.85 bits per heavy atom. The molecule has 0 fully saturated rings. The van der Waals surface area contributed by atoms with Crippen LogP contribution in [0, 0.1) is 15.3 Å². The van der Waals surface area contributed by atoms with Gasteiger partial charge in [0.2, 0.25) is 0 Å². The second-order valence-electron chi connectivity index (χ2n) is 3.82. The molecular weight excluding hydrogens is 280 g/mol. The van der Waals surface area contributed by atoms with Crippen LogP contribution in [-0.4, -0.2) is 17.3 Å². The summed E-state index contributed by atoms with van der Waals surface area (Å²) >= 11 is 1.37. The van der Waals surface area contributed by atoms with Crippen LogP contribution in [0.4, 0.5) is 5.69 Å². The number of nitro benzene ring substituents is 1. The normalized spacial score (nSPS) is 10.2. The van der Waals surface area contributed by atoms with Gasteiger partial charge < -0.3 is 9.94 Å². The molecule has 0 aliphatic rings. The van der Waals surface area contributed by atoms with Crippen molar-refractivity contribution in [2.45, 2.75) is 5.03 Å². The quantitative estimate of drug-likeness (QED) is 0.204. The Balaban J connectivity index is 1.83. The van der Waals surface area contributed by atoms with E-state index in [2.05, 4.69) is 0 Å². The first-order valence-corrected chi connectivity index (χ1v) is 6.83. The Hall–Kier alpha value is -2.28. The molecule has 1 heterocycles. The molecule has 6 nitrogen and oxygen atoms in total. The Labute approximate surface area is 119 Å². The average molecular weight is 292 g/mol. The zero-order valence-corrected chi connectivity index (χ0v) is 11.3. The summed E-state index contributed by atoms with van der Waals surface area (Å²) in [7, 11) is 0. The molecule has 0 saturated carbocycles. The van der Waals surface area contributed by atoms with Gasteiger partial charge in [0.05, 0.1) is 17.6 Å². The van der Waals surface area contributed by atoms with Gasteiger partial charge in [-0.2, -0.15) is 4.73 Å². The van der Waals surface area contributed by atoms with Crippen LogP contribution >= 0.6 is 11.8 Å². The molecule has 0 radical (unpaired) electrons. The second kappa shape index (κ2) is 6.76. The van der Waals surface area contributed by atoms with Crippen LogP contribution in [0.3, 0.4) is 0 Å². The maximum absolute atomic E-state index is 11.4. The van der Waals surface area contributed by atoms with Crippen molar-refractivity contribution in [3.63, 3.8) is 0 Å². The number of nitrogens with zero attached hydrogens (tertiary/aromatic N) is 2. The molecule has 2 aromatic rings. The van der Waals surface area contributed by atoms with Crippen LogP contribution in [0.5, 0.6) is 5.75 Å². The molecule has 0 atom stereocenters. The van der Waals surface area contributed by atoms with Crippen molar-refractivity contribution < 1.29 is 14.4 Å². The summed E-state index contributed by atoms with van der Waals surface area (Å²) in [6, 6.07) is 11.2. The number of rotatable bonds is 6. The van der Waals surface area contributed by atoms with E-state index in [0.717, 1.165) is 4.73 Å². The molecule has 0 aliphatic carbocycles. The largest absolute Gasteiger partial charge is 0.618 e. The molecular formula is C13H12N2O4S. The third-order valence-electron chi connectivity index (χ3n) is 2.42. The van der Waals surface area contributed by atoms with Gasteiger partial charge in [-0.3, -0.25) is 10.1 Å². The summed E-state index contributed by atoms with van der Waals surface area (Å²) in [6.45, 7) is 0.362. The molecule has 0 spiro atoms. The molecule has 2 rings (SSSR count). The zero-order valence-electron chi connectivity index (χ0n) is 10.5. The van der Waals surface area contributed by atoms with Gasteiger partial charge in [-0.15, -0.1) is 0 Å². The molecule has 0 bridgehead atoms. The average Bonchev–Trinajstić information content (AvgIpc) is 2.45. The number of hydrogen-bond acceptors (Lipinski definition) is 5. The maximum atomic E-state index is 11.4. The van der Waals surface area contributed by atoms with E-state index in [1.54, 1.807) is 30.3 Å². The van der Waals surface area contributed by atoms with Gasteiger partial charge >= 0.3 is 0 Å². The van der Waals surface area contributed by atoms with Crippen LogP contribution in [0.15, 0.2) is 53.7 Å². The minimum absolute atomic E-state index is 0.00406. The van der Waals surface area contributed by atoms with Crippen LogP contribution in [0.25, 0.3) is 0 Å². The number of nitro groups is 1. The van der Waals surface area contributed by atoms with Gasteiger partial charge in [0, 0.05) is 24.0 Å². The van der Waals surface area contributed by atoms with Crippen molar-refractivity contribution in [1.29, 1.82) is 0 Å². The first-order chi connectivity index (χ1) is 9.66. The standard InChI is InChI=1S/C13H12N2O4S/c16-14-7-2-1-6-13(14)20-9-8-19-12-5-3-4-11(10-12)15(17)18/h1-7,10H,8-9H2. The van der Waals surface area contributed by atoms with E-state index >= 15 is 0 Å². The Kier molecular flexibility index (Phi) is 4.78. The van der Waals surface area contributed by atoms with Crippen molar-refractivity contribution >= 4 is 17.4 Å². The molecule has 20 heavy (non-hydrogen) atoms. The van der Waals surface area contributed by atoms with E-state index in [-0.39, 0.29) is 5.69 Å². The van der Waals surface area contributed by atoms with Crippen LogP contribution in [0.1, 0.15) is 0 Å². The molecule has 1 aromatic heterocycles. The van der Waals surface area contributed by atoms with Crippen LogP contribution < -0.4 is 9.47 Å². The Morgan fingerprint density at radius 1 is 1.25 bits per heavy atom. The number of non-ortho nitro benzene ring substituents is 1. The number of thioether (sulfide) groups is 1. The van der Waals surface area contributed by atoms with Crippen molar-refractivity contribution in [1.82, 2.24) is 0 Å². The van der Waals surface area contributed by atoms with Gasteiger partial charge in [-0.25, -0.2) is 0 Å². The van der Waals surface area contributed by atoms with Gasteiger partial charge in [0.25, 0.3) is 10.7 Å². The van der Waals surface area contributed by atoms with Crippen molar-refractivity contribution in [2.75, 3.05) is 12.4 Å². The minimum Gasteiger partial charge on any atom is -0.618 e. The summed E-state index contributed by atoms with van der Waals surface area (Å²) in [5, 5.41) is 22.6. The van der Waals surface area contributed by atoms with E-state index in [4.69, 9.17) is 4.74 Å². The summed E-state index contributed by atoms with van der Waals surface area (Å²) in [4.78, 5) is 10.1. The SMILES string of the molecule is O=[N+]([O-])c1cccc(OCCSc2cccc[n+]2[O-])c1. The Bertz CT molecular complexity index is 606. The van der Waals surface area contributed by atoms with Crippen LogP contribution in [0.2, 0.25) is 0 Å². The molecule has 104 valence electrons. The highest BCUT2D eigenvalue weighted by Crippen LogP contribution is 2.19. The minimum atomic E-state index is -0.466. The summed E-state index contributed by atoms with van der Waals surface area (Å²) in [5.41, 5.74) is -0.00406. The predicted molar refractivity (Wildman–Crippen MR) is 74.7 cm³/mol. The first kappa shape index (κ1) is 14.1. The number of benzene rings is 1. The summed E-state index contributed by atoms with van der Waals surface area (Å²) in [6.07, 6.45) is 1.43. The fourth-order valence-electron chi connectivity index (χ4n) is 1.52. The van der Waals surface area contributed by atoms with E-state index in [1.807, 2.05) is 0 Å². The fourth-order valence-corrected chi connectivity index (χ4v) is 2.26. The van der Waals surface area contributed by atoms with Crippen LogP contribution in [-0.2, 0) is 0 Å².